The van der Waals surface area contributed by atoms with E-state index in [4.69, 9.17) is 34.8 Å². The van der Waals surface area contributed by atoms with Crippen molar-refractivity contribution < 1.29 is 82.1 Å². The number of rotatable bonds is 12. The summed E-state index contributed by atoms with van der Waals surface area (Å²) < 4.78 is 134. The summed E-state index contributed by atoms with van der Waals surface area (Å²) in [5.41, 5.74) is 12.5. The molecule has 106 heavy (non-hydrogen) atoms. The van der Waals surface area contributed by atoms with E-state index in [1.807, 2.05) is 13.0 Å². The molecule has 0 spiro atoms. The van der Waals surface area contributed by atoms with E-state index in [0.29, 0.717) is 132 Å². The van der Waals surface area contributed by atoms with E-state index in [2.05, 4.69) is 0 Å². The number of aryl methyl sites for hydroxylation is 1. The van der Waals surface area contributed by atoms with E-state index in [1.165, 1.54) is 67.8 Å². The second-order valence-corrected chi connectivity index (χ2v) is 33.7. The number of hydrogen-bond donors (Lipinski definition) is 4. The molecular formula is C77H57Cl3F2N4O16S4. The summed E-state index contributed by atoms with van der Waals surface area (Å²) >= 11 is 18.3. The maximum atomic E-state index is 13.9. The third-order valence-corrected chi connectivity index (χ3v) is 25.5. The molecule has 540 valence electrons. The molecule has 0 fully saturated rings. The second kappa shape index (κ2) is 27.3. The number of halogens is 5. The number of fused-ring (bicyclic) bond motifs is 8. The van der Waals surface area contributed by atoms with Crippen molar-refractivity contribution in [2.24, 2.45) is 0 Å². The van der Waals surface area contributed by atoms with Crippen molar-refractivity contribution in [1.29, 1.82) is 0 Å². The summed E-state index contributed by atoms with van der Waals surface area (Å²) in [5.74, 6) is -5.05. The summed E-state index contributed by atoms with van der Waals surface area (Å²) in [6.07, 6.45) is 0. The molecule has 8 heterocycles. The van der Waals surface area contributed by atoms with Gasteiger partial charge in [-0.05, 0) is 138 Å². The molecule has 4 aliphatic rings. The van der Waals surface area contributed by atoms with Gasteiger partial charge in [-0.2, -0.15) is 0 Å². The molecule has 0 radical (unpaired) electrons. The van der Waals surface area contributed by atoms with Crippen LogP contribution >= 0.6 is 34.8 Å². The van der Waals surface area contributed by atoms with Crippen molar-refractivity contribution in [2.75, 3.05) is 0 Å². The Labute approximate surface area is 619 Å². The number of hydrogen-bond acceptors (Lipinski definition) is 12. The fourth-order valence-electron chi connectivity index (χ4n) is 14.4. The summed E-state index contributed by atoms with van der Waals surface area (Å²) in [6, 6.07) is 41.7. The first-order valence-corrected chi connectivity index (χ1v) is 39.3. The minimum atomic E-state index is -3.67. The largest absolute Gasteiger partial charge is 0.480 e. The third kappa shape index (κ3) is 13.2. The lowest BCUT2D eigenvalue weighted by Crippen LogP contribution is -2.10. The Hall–Kier alpha value is -10.7. The van der Waals surface area contributed by atoms with E-state index in [0.717, 1.165) is 27.3 Å². The van der Waals surface area contributed by atoms with Crippen molar-refractivity contribution >= 4 is 164 Å². The average molecular weight is 1570 g/mol. The molecule has 0 aliphatic carbocycles. The number of carboxylic acids is 4. The lowest BCUT2D eigenvalue weighted by molar-refractivity contribution is -0.138. The average Bonchev–Trinajstić information content (AvgIpc) is 1.59. The number of aromatic nitrogens is 4. The van der Waals surface area contributed by atoms with Gasteiger partial charge in [0, 0.05) is 159 Å². The molecule has 4 N–H and O–H groups in total. The number of benzene rings is 8. The Balaban J connectivity index is 0.000000125. The van der Waals surface area contributed by atoms with Crippen LogP contribution in [0.15, 0.2) is 199 Å². The van der Waals surface area contributed by atoms with Crippen LogP contribution in [-0.4, -0.2) is 96.2 Å². The number of nitrogens with zero attached hydrogens (tertiary/aromatic N) is 4. The molecule has 0 atom stereocenters. The molecule has 8 aromatic carbocycles. The van der Waals surface area contributed by atoms with Gasteiger partial charge >= 0.3 is 23.9 Å². The standard InChI is InChI=1S/C20H16ClNO4S.C19H13ClFNO4S.C19H14ClNO4S.C19H14FNO4S/c1-11-3-6-18-15(7-11)16(10-27(18,25)26)20-12(2)22(9-19(23)24)17-8-13(21)4-5-14(17)20;1-10-19(14-7-12(21)3-4-16(14)22(10)8-18(23)24)15-9-27(25,26)17-5-2-11(20)6-13(15)17;1-11-19(15-10-26(24,25)17-5-3-2-4-13(15)17)14-8-12(20)6-7-16(14)21(11)9-18(22)23;1-11-19(15-10-26(24,25)17-5-3-2-4-13(15)17)14-7-6-12(20)8-16(14)21(11)9-18(22)23/h3-8,10H,9H2,1-2H3,(H,23,24);2-7,9H,8H2,1H3,(H,23,24);2*2-8,10H,9H2,1H3,(H,22,23). The zero-order valence-corrected chi connectivity index (χ0v) is 61.7. The van der Waals surface area contributed by atoms with Crippen LogP contribution in [0.5, 0.6) is 0 Å². The SMILES string of the molecule is Cc1c(C2=CS(=O)(=O)c3ccc(Cl)cc32)c2cc(F)ccc2n1CC(=O)O.Cc1c(C2=CS(=O)(=O)c3ccccc32)c2cc(Cl)ccc2n1CC(=O)O.Cc1c(C2=CS(=O)(=O)c3ccccc32)c2ccc(F)cc2n1CC(=O)O.Cc1ccc2c(c1)C(c1c(C)n(CC(=O)O)c3cc(Cl)ccc13)=CS2(=O)=O. The summed E-state index contributed by atoms with van der Waals surface area (Å²) in [7, 11) is -14.3. The van der Waals surface area contributed by atoms with Crippen LogP contribution in [0.4, 0.5) is 8.78 Å². The van der Waals surface area contributed by atoms with Crippen molar-refractivity contribution in [3.05, 3.63) is 279 Å². The summed E-state index contributed by atoms with van der Waals surface area (Å²) in [5, 5.41) is 45.8. The van der Waals surface area contributed by atoms with Gasteiger partial charge in [-0.3, -0.25) is 19.2 Å². The predicted octanol–water partition coefficient (Wildman–Crippen LogP) is 15.4. The van der Waals surface area contributed by atoms with Crippen molar-refractivity contribution in [1.82, 2.24) is 18.3 Å². The molecule has 29 heteroatoms. The Bertz CT molecular complexity index is 6560. The summed E-state index contributed by atoms with van der Waals surface area (Å²) in [4.78, 5) is 46.1. The highest BCUT2D eigenvalue weighted by atomic mass is 35.5. The first-order chi connectivity index (χ1) is 50.0. The summed E-state index contributed by atoms with van der Waals surface area (Å²) in [6.45, 7) is 7.78. The van der Waals surface area contributed by atoms with Crippen molar-refractivity contribution in [3.8, 4) is 0 Å². The highest BCUT2D eigenvalue weighted by Crippen LogP contribution is 2.48. The number of aliphatic carboxylic acids is 4. The van der Waals surface area contributed by atoms with Gasteiger partial charge < -0.3 is 38.7 Å². The van der Waals surface area contributed by atoms with Gasteiger partial charge in [0.05, 0.1) is 30.6 Å². The van der Waals surface area contributed by atoms with Gasteiger partial charge in [0.2, 0.25) is 39.3 Å². The molecule has 0 bridgehead atoms. The van der Waals surface area contributed by atoms with Crippen LogP contribution in [0, 0.1) is 46.3 Å². The molecule has 0 saturated heterocycles. The van der Waals surface area contributed by atoms with Crippen LogP contribution in [-0.2, 0) is 84.7 Å². The highest BCUT2D eigenvalue weighted by Gasteiger charge is 2.36. The molecule has 0 saturated carbocycles. The Morgan fingerprint density at radius 1 is 0.330 bits per heavy atom. The normalized spacial score (nSPS) is 15.0. The van der Waals surface area contributed by atoms with Gasteiger partial charge in [0.15, 0.2) is 0 Å². The molecular weight excluding hydrogens is 1510 g/mol. The van der Waals surface area contributed by atoms with Crippen LogP contribution in [0.1, 0.15) is 72.8 Å². The quantitative estimate of drug-likeness (QED) is 0.0883. The number of carbonyl (C=O) groups is 4. The number of sulfone groups is 4. The van der Waals surface area contributed by atoms with Crippen molar-refractivity contribution in [3.63, 3.8) is 0 Å². The van der Waals surface area contributed by atoms with Crippen LogP contribution in [0.3, 0.4) is 0 Å². The minimum absolute atomic E-state index is 0.122. The smallest absolute Gasteiger partial charge is 0.323 e. The van der Waals surface area contributed by atoms with Gasteiger partial charge in [-0.25, -0.2) is 42.5 Å². The van der Waals surface area contributed by atoms with E-state index in [9.17, 15) is 82.1 Å². The Morgan fingerprint density at radius 2 is 0.642 bits per heavy atom. The zero-order chi connectivity index (χ0) is 76.3. The molecule has 12 aromatic rings. The molecule has 20 nitrogen and oxygen atoms in total. The predicted molar refractivity (Wildman–Crippen MR) is 400 cm³/mol. The third-order valence-electron chi connectivity index (χ3n) is 18.7. The fraction of sp³-hybridized carbons (Fsp3) is 0.117. The van der Waals surface area contributed by atoms with Crippen LogP contribution < -0.4 is 0 Å². The Kier molecular flexibility index (Phi) is 19.0. The van der Waals surface area contributed by atoms with E-state index in [1.54, 1.807) is 146 Å². The second-order valence-electron chi connectivity index (χ2n) is 25.3. The van der Waals surface area contributed by atoms with E-state index >= 15 is 0 Å². The lowest BCUT2D eigenvalue weighted by atomic mass is 9.96. The monoisotopic (exact) mass is 1560 g/mol. The zero-order valence-electron chi connectivity index (χ0n) is 56.1. The molecule has 0 amide bonds. The molecule has 4 aromatic heterocycles. The minimum Gasteiger partial charge on any atom is -0.480 e. The maximum absolute atomic E-state index is 13.9. The molecule has 16 rings (SSSR count). The number of carboxylic acid groups (broad SMARTS) is 4. The van der Waals surface area contributed by atoms with E-state index < -0.39 is 74.9 Å². The van der Waals surface area contributed by atoms with Crippen molar-refractivity contribution in [2.45, 2.75) is 80.4 Å². The van der Waals surface area contributed by atoms with Gasteiger partial charge in [0.25, 0.3) is 0 Å². The first kappa shape index (κ1) is 73.6. The van der Waals surface area contributed by atoms with Gasteiger partial charge in [-0.15, -0.1) is 0 Å². The first-order valence-electron chi connectivity index (χ1n) is 32.0. The fourth-order valence-corrected chi connectivity index (χ4v) is 20.6. The van der Waals surface area contributed by atoms with Gasteiger partial charge in [0.1, 0.15) is 37.8 Å². The molecule has 4 aliphatic heterocycles. The highest BCUT2D eigenvalue weighted by molar-refractivity contribution is 7.95. The van der Waals surface area contributed by atoms with E-state index in [-0.39, 0.29) is 45.8 Å². The van der Waals surface area contributed by atoms with Gasteiger partial charge in [-0.1, -0.05) is 95.0 Å². The van der Waals surface area contributed by atoms with Crippen LogP contribution in [0.2, 0.25) is 15.1 Å². The lowest BCUT2D eigenvalue weighted by Gasteiger charge is -2.08. The topological polar surface area (TPSA) is 305 Å². The van der Waals surface area contributed by atoms with Crippen LogP contribution in [0.25, 0.3) is 65.9 Å². The Morgan fingerprint density at radius 3 is 1.10 bits per heavy atom. The molecule has 0 unspecified atom stereocenters. The maximum Gasteiger partial charge on any atom is 0.323 e.